The molecule has 3 N–H and O–H groups in total. The second kappa shape index (κ2) is 7.04. The van der Waals surface area contributed by atoms with E-state index in [2.05, 4.69) is 16.0 Å². The monoisotopic (exact) mass is 311 g/mol. The van der Waals surface area contributed by atoms with Crippen LogP contribution in [0.15, 0.2) is 0 Å². The van der Waals surface area contributed by atoms with Gasteiger partial charge >= 0.3 is 0 Å². The lowest BCUT2D eigenvalue weighted by atomic mass is 9.73. The quantitative estimate of drug-likeness (QED) is 0.677. The van der Waals surface area contributed by atoms with Gasteiger partial charge in [-0.05, 0) is 63.5 Å². The molecule has 3 aliphatic rings. The highest BCUT2D eigenvalue weighted by Gasteiger charge is 2.37. The Morgan fingerprint density at radius 1 is 1.05 bits per heavy atom. The number of carbonyl (C=O) groups is 2. The van der Waals surface area contributed by atoms with Crippen molar-refractivity contribution in [2.24, 2.45) is 11.8 Å². The second-order valence-corrected chi connectivity index (χ2v) is 6.95. The van der Waals surface area contributed by atoms with Gasteiger partial charge in [0.15, 0.2) is 0 Å². The van der Waals surface area contributed by atoms with Crippen molar-refractivity contribution in [2.75, 3.05) is 13.1 Å². The Morgan fingerprint density at radius 2 is 1.82 bits per heavy atom. The fraction of sp³-hybridized carbons (Fsp3) is 0.875. The van der Waals surface area contributed by atoms with Gasteiger partial charge in [0.05, 0.1) is 6.04 Å². The Hall–Kier alpha value is -1.01. The Kier molecular flexibility index (Phi) is 5.08. The lowest BCUT2D eigenvalue weighted by Gasteiger charge is -2.39. The van der Waals surface area contributed by atoms with Crippen LogP contribution in [-0.2, 0) is 9.59 Å². The van der Waals surface area contributed by atoms with Gasteiger partial charge < -0.3 is 10.6 Å². The first-order chi connectivity index (χ1) is 10.6. The van der Waals surface area contributed by atoms with Gasteiger partial charge in [0, 0.05) is 12.5 Å². The third kappa shape index (κ3) is 3.66. The summed E-state index contributed by atoms with van der Waals surface area (Å²) >= 11 is 0. The molecule has 0 aromatic carbocycles. The number of halogens is 1. The van der Waals surface area contributed by atoms with Crippen molar-refractivity contribution in [3.05, 3.63) is 0 Å². The fourth-order valence-electron chi connectivity index (χ4n) is 4.23. The first-order valence-corrected chi connectivity index (χ1v) is 8.58. The maximum absolute atomic E-state index is 14.6. The van der Waals surface area contributed by atoms with Gasteiger partial charge in [0.1, 0.15) is 6.17 Å². The van der Waals surface area contributed by atoms with E-state index in [1.807, 2.05) is 0 Å². The predicted molar refractivity (Wildman–Crippen MR) is 80.9 cm³/mol. The Balaban J connectivity index is 1.49. The molecule has 22 heavy (non-hydrogen) atoms. The van der Waals surface area contributed by atoms with Gasteiger partial charge in [-0.25, -0.2) is 4.39 Å². The van der Waals surface area contributed by atoms with E-state index in [1.54, 1.807) is 0 Å². The SMILES string of the molecule is O=C1CCC(NC2CCC(C3CCNCC3)C(F)C2)C(=O)N1. The molecule has 0 aromatic heterocycles. The van der Waals surface area contributed by atoms with Crippen molar-refractivity contribution in [3.8, 4) is 0 Å². The Morgan fingerprint density at radius 3 is 2.50 bits per heavy atom. The lowest BCUT2D eigenvalue weighted by Crippen LogP contribution is -2.55. The molecule has 6 heteroatoms. The molecule has 2 aliphatic heterocycles. The van der Waals surface area contributed by atoms with Gasteiger partial charge in [-0.2, -0.15) is 0 Å². The summed E-state index contributed by atoms with van der Waals surface area (Å²) in [6.45, 7) is 2.01. The molecule has 0 radical (unpaired) electrons. The van der Waals surface area contributed by atoms with E-state index >= 15 is 0 Å². The standard InChI is InChI=1S/C16H26FN3O2/c17-13-9-11(19-14-3-4-15(21)20-16(14)22)1-2-12(13)10-5-7-18-8-6-10/h10-14,18-19H,1-9H2,(H,20,21,22). The number of carbonyl (C=O) groups excluding carboxylic acids is 2. The van der Waals surface area contributed by atoms with Crippen LogP contribution < -0.4 is 16.0 Å². The summed E-state index contributed by atoms with van der Waals surface area (Å²) in [6, 6.07) is -0.290. The van der Waals surface area contributed by atoms with E-state index in [1.165, 1.54) is 0 Å². The number of hydrogen-bond donors (Lipinski definition) is 3. The van der Waals surface area contributed by atoms with Crippen LogP contribution in [-0.4, -0.2) is 43.2 Å². The van der Waals surface area contributed by atoms with Crippen LogP contribution >= 0.6 is 0 Å². The molecular formula is C16H26FN3O2. The summed E-state index contributed by atoms with van der Waals surface area (Å²) in [5, 5.41) is 8.95. The van der Waals surface area contributed by atoms with Crippen molar-refractivity contribution < 1.29 is 14.0 Å². The number of hydrogen-bond acceptors (Lipinski definition) is 4. The number of piperidine rings is 2. The van der Waals surface area contributed by atoms with Crippen LogP contribution in [0.4, 0.5) is 4.39 Å². The van der Waals surface area contributed by atoms with Crippen LogP contribution in [0, 0.1) is 11.8 Å². The summed E-state index contributed by atoms with van der Waals surface area (Å²) in [5.74, 6) is 0.225. The van der Waals surface area contributed by atoms with Crippen molar-refractivity contribution in [2.45, 2.75) is 63.2 Å². The second-order valence-electron chi connectivity index (χ2n) is 6.95. The van der Waals surface area contributed by atoms with Gasteiger partial charge in [-0.15, -0.1) is 0 Å². The summed E-state index contributed by atoms with van der Waals surface area (Å²) in [5.41, 5.74) is 0. The number of rotatable bonds is 3. The average molecular weight is 311 g/mol. The van der Waals surface area contributed by atoms with Crippen molar-refractivity contribution >= 4 is 11.8 Å². The van der Waals surface area contributed by atoms with Gasteiger partial charge in [-0.3, -0.25) is 14.9 Å². The summed E-state index contributed by atoms with van der Waals surface area (Å²) in [6.07, 6.45) is 4.59. The number of nitrogens with one attached hydrogen (secondary N) is 3. The molecule has 4 unspecified atom stereocenters. The molecule has 0 bridgehead atoms. The topological polar surface area (TPSA) is 70.2 Å². The minimum absolute atomic E-state index is 0.0527. The molecule has 5 nitrogen and oxygen atoms in total. The van der Waals surface area contributed by atoms with Crippen LogP contribution in [0.1, 0.15) is 44.9 Å². The lowest BCUT2D eigenvalue weighted by molar-refractivity contribution is -0.135. The van der Waals surface area contributed by atoms with Crippen molar-refractivity contribution in [1.29, 1.82) is 0 Å². The van der Waals surface area contributed by atoms with Crippen LogP contribution in [0.25, 0.3) is 0 Å². The molecule has 4 atom stereocenters. The van der Waals surface area contributed by atoms with E-state index < -0.39 is 6.17 Å². The molecule has 2 amide bonds. The normalized spacial score (nSPS) is 37.9. The number of imide groups is 1. The zero-order valence-corrected chi connectivity index (χ0v) is 12.9. The van der Waals surface area contributed by atoms with Gasteiger partial charge in [-0.1, -0.05) is 0 Å². The van der Waals surface area contributed by atoms with Crippen LogP contribution in [0.2, 0.25) is 0 Å². The molecule has 124 valence electrons. The third-order valence-electron chi connectivity index (χ3n) is 5.49. The summed E-state index contributed by atoms with van der Waals surface area (Å²) in [7, 11) is 0. The van der Waals surface area contributed by atoms with E-state index in [0.29, 0.717) is 25.2 Å². The minimum Gasteiger partial charge on any atom is -0.317 e. The largest absolute Gasteiger partial charge is 0.317 e. The molecule has 3 fully saturated rings. The van der Waals surface area contributed by atoms with Gasteiger partial charge in [0.25, 0.3) is 0 Å². The zero-order valence-electron chi connectivity index (χ0n) is 12.9. The van der Waals surface area contributed by atoms with E-state index in [4.69, 9.17) is 0 Å². The van der Waals surface area contributed by atoms with Crippen LogP contribution in [0.3, 0.4) is 0 Å². The average Bonchev–Trinajstić information content (AvgIpc) is 2.51. The molecule has 1 saturated carbocycles. The molecular weight excluding hydrogens is 285 g/mol. The van der Waals surface area contributed by atoms with E-state index in [9.17, 15) is 14.0 Å². The molecule has 2 saturated heterocycles. The predicted octanol–water partition coefficient (Wildman–Crippen LogP) is 0.888. The first-order valence-electron chi connectivity index (χ1n) is 8.58. The Bertz CT molecular complexity index is 426. The molecule has 2 heterocycles. The summed E-state index contributed by atoms with van der Waals surface area (Å²) in [4.78, 5) is 22.9. The highest BCUT2D eigenvalue weighted by molar-refractivity contribution is 6.00. The zero-order chi connectivity index (χ0) is 15.5. The fourth-order valence-corrected chi connectivity index (χ4v) is 4.23. The highest BCUT2D eigenvalue weighted by atomic mass is 19.1. The molecule has 1 aliphatic carbocycles. The first kappa shape index (κ1) is 15.9. The molecule has 0 aromatic rings. The number of amides is 2. The van der Waals surface area contributed by atoms with Crippen molar-refractivity contribution in [3.63, 3.8) is 0 Å². The summed E-state index contributed by atoms with van der Waals surface area (Å²) < 4.78 is 14.6. The Labute approximate surface area is 130 Å². The highest BCUT2D eigenvalue weighted by Crippen LogP contribution is 2.36. The maximum atomic E-state index is 14.6. The van der Waals surface area contributed by atoms with E-state index in [0.717, 1.165) is 38.8 Å². The van der Waals surface area contributed by atoms with Crippen molar-refractivity contribution in [1.82, 2.24) is 16.0 Å². The maximum Gasteiger partial charge on any atom is 0.243 e. The minimum atomic E-state index is -0.775. The van der Waals surface area contributed by atoms with E-state index in [-0.39, 0.29) is 29.8 Å². The van der Waals surface area contributed by atoms with Crippen LogP contribution in [0.5, 0.6) is 0 Å². The number of alkyl halides is 1. The smallest absolute Gasteiger partial charge is 0.243 e. The molecule has 0 spiro atoms. The third-order valence-corrected chi connectivity index (χ3v) is 5.49. The van der Waals surface area contributed by atoms with Gasteiger partial charge in [0.2, 0.25) is 11.8 Å². The molecule has 3 rings (SSSR count).